The SMILES string of the molecule is CCN(C)C(=O)Oc1cccc(/C=C/C(=O)c2ccccc2O)c1. The number of ether oxygens (including phenoxy) is 1. The van der Waals surface area contributed by atoms with Gasteiger partial charge >= 0.3 is 6.09 Å². The highest BCUT2D eigenvalue weighted by Crippen LogP contribution is 2.19. The highest BCUT2D eigenvalue weighted by atomic mass is 16.6. The number of aromatic hydroxyl groups is 1. The van der Waals surface area contributed by atoms with Gasteiger partial charge in [0.1, 0.15) is 11.5 Å². The summed E-state index contributed by atoms with van der Waals surface area (Å²) in [7, 11) is 1.65. The molecule has 0 bridgehead atoms. The Morgan fingerprint density at radius 3 is 2.62 bits per heavy atom. The molecule has 0 aliphatic heterocycles. The van der Waals surface area contributed by atoms with Crippen LogP contribution in [0.1, 0.15) is 22.8 Å². The molecule has 0 radical (unpaired) electrons. The average molecular weight is 325 g/mol. The van der Waals surface area contributed by atoms with Crippen molar-refractivity contribution in [3.8, 4) is 11.5 Å². The number of allylic oxidation sites excluding steroid dienone is 1. The molecule has 2 aromatic rings. The molecule has 0 fully saturated rings. The van der Waals surface area contributed by atoms with Crippen LogP contribution in [0.15, 0.2) is 54.6 Å². The van der Waals surface area contributed by atoms with Crippen LogP contribution < -0.4 is 4.74 Å². The smallest absolute Gasteiger partial charge is 0.414 e. The summed E-state index contributed by atoms with van der Waals surface area (Å²) in [5.74, 6) is 0.0381. The summed E-state index contributed by atoms with van der Waals surface area (Å²) in [5.41, 5.74) is 0.948. The maximum atomic E-state index is 12.1. The molecule has 0 saturated carbocycles. The van der Waals surface area contributed by atoms with Crippen LogP contribution in [-0.2, 0) is 0 Å². The minimum absolute atomic E-state index is 0.0579. The second-order valence-corrected chi connectivity index (χ2v) is 5.17. The summed E-state index contributed by atoms with van der Waals surface area (Å²) in [6, 6.07) is 13.2. The molecule has 0 aromatic heterocycles. The third kappa shape index (κ3) is 4.46. The zero-order valence-electron chi connectivity index (χ0n) is 13.6. The van der Waals surface area contributed by atoms with Gasteiger partial charge in [0.2, 0.25) is 0 Å². The highest BCUT2D eigenvalue weighted by molar-refractivity contribution is 6.08. The van der Waals surface area contributed by atoms with E-state index in [2.05, 4.69) is 0 Å². The van der Waals surface area contributed by atoms with Crippen molar-refractivity contribution in [2.45, 2.75) is 6.92 Å². The third-order valence-corrected chi connectivity index (χ3v) is 3.45. The van der Waals surface area contributed by atoms with E-state index in [0.717, 1.165) is 0 Å². The summed E-state index contributed by atoms with van der Waals surface area (Å²) in [6.07, 6.45) is 2.54. The van der Waals surface area contributed by atoms with Crippen molar-refractivity contribution >= 4 is 18.0 Å². The van der Waals surface area contributed by atoms with Crippen LogP contribution in [0.3, 0.4) is 0 Å². The highest BCUT2D eigenvalue weighted by Gasteiger charge is 2.09. The second-order valence-electron chi connectivity index (χ2n) is 5.17. The Labute approximate surface area is 140 Å². The fraction of sp³-hybridized carbons (Fsp3) is 0.158. The number of phenolic OH excluding ortho intramolecular Hbond substituents is 1. The number of rotatable bonds is 5. The quantitative estimate of drug-likeness (QED) is 0.672. The molecule has 0 aliphatic rings. The first-order valence-electron chi connectivity index (χ1n) is 7.54. The molecule has 2 aromatic carbocycles. The summed E-state index contributed by atoms with van der Waals surface area (Å²) >= 11 is 0. The standard InChI is InChI=1S/C19H19NO4/c1-3-20(2)19(23)24-15-8-6-7-14(13-15)11-12-18(22)16-9-4-5-10-17(16)21/h4-13,21H,3H2,1-2H3/b12-11+. The van der Waals surface area contributed by atoms with Crippen molar-refractivity contribution in [2.24, 2.45) is 0 Å². The monoisotopic (exact) mass is 325 g/mol. The Morgan fingerprint density at radius 2 is 1.92 bits per heavy atom. The lowest BCUT2D eigenvalue weighted by Gasteiger charge is -2.14. The van der Waals surface area contributed by atoms with Crippen molar-refractivity contribution in [2.75, 3.05) is 13.6 Å². The Balaban J connectivity index is 2.10. The number of amides is 1. The van der Waals surface area contributed by atoms with Gasteiger partial charge in [-0.15, -0.1) is 0 Å². The van der Waals surface area contributed by atoms with Crippen LogP contribution in [0.25, 0.3) is 6.08 Å². The first-order valence-corrected chi connectivity index (χ1v) is 7.54. The number of hydrogen-bond acceptors (Lipinski definition) is 4. The van der Waals surface area contributed by atoms with Crippen LogP contribution in [0.4, 0.5) is 4.79 Å². The molecular weight excluding hydrogens is 306 g/mol. The molecule has 0 spiro atoms. The molecule has 0 unspecified atom stereocenters. The van der Waals surface area contributed by atoms with Crippen LogP contribution in [0.2, 0.25) is 0 Å². The summed E-state index contributed by atoms with van der Waals surface area (Å²) in [6.45, 7) is 2.40. The van der Waals surface area contributed by atoms with Crippen molar-refractivity contribution in [1.82, 2.24) is 4.90 Å². The van der Waals surface area contributed by atoms with E-state index in [-0.39, 0.29) is 17.1 Å². The van der Waals surface area contributed by atoms with E-state index in [1.807, 2.05) is 6.92 Å². The predicted octanol–water partition coefficient (Wildman–Crippen LogP) is 3.74. The lowest BCUT2D eigenvalue weighted by molar-refractivity contribution is 0.104. The maximum Gasteiger partial charge on any atom is 0.414 e. The van der Waals surface area contributed by atoms with E-state index < -0.39 is 6.09 Å². The average Bonchev–Trinajstić information content (AvgIpc) is 2.59. The number of benzene rings is 2. The van der Waals surface area contributed by atoms with E-state index in [1.54, 1.807) is 55.6 Å². The van der Waals surface area contributed by atoms with Gasteiger partial charge in [0, 0.05) is 13.6 Å². The van der Waals surface area contributed by atoms with Crippen LogP contribution in [0, 0.1) is 0 Å². The molecule has 0 heterocycles. The Kier molecular flexibility index (Phi) is 5.73. The van der Waals surface area contributed by atoms with E-state index in [4.69, 9.17) is 4.74 Å². The van der Waals surface area contributed by atoms with Gasteiger partial charge in [0.05, 0.1) is 5.56 Å². The summed E-state index contributed by atoms with van der Waals surface area (Å²) in [5, 5.41) is 9.68. The van der Waals surface area contributed by atoms with Gasteiger partial charge in [0.15, 0.2) is 5.78 Å². The number of carbonyl (C=O) groups excluding carboxylic acids is 2. The van der Waals surface area contributed by atoms with Gasteiger partial charge in [-0.2, -0.15) is 0 Å². The lowest BCUT2D eigenvalue weighted by Crippen LogP contribution is -2.29. The molecule has 5 nitrogen and oxygen atoms in total. The van der Waals surface area contributed by atoms with Gasteiger partial charge in [-0.25, -0.2) is 4.79 Å². The van der Waals surface area contributed by atoms with Crippen molar-refractivity contribution in [3.63, 3.8) is 0 Å². The predicted molar refractivity (Wildman–Crippen MR) is 92.2 cm³/mol. The normalized spacial score (nSPS) is 10.6. The van der Waals surface area contributed by atoms with Gasteiger partial charge in [0.25, 0.3) is 0 Å². The summed E-state index contributed by atoms with van der Waals surface area (Å²) < 4.78 is 5.25. The van der Waals surface area contributed by atoms with Crippen LogP contribution in [0.5, 0.6) is 11.5 Å². The van der Waals surface area contributed by atoms with E-state index in [0.29, 0.717) is 17.9 Å². The molecule has 24 heavy (non-hydrogen) atoms. The fourth-order valence-electron chi connectivity index (χ4n) is 1.93. The third-order valence-electron chi connectivity index (χ3n) is 3.45. The van der Waals surface area contributed by atoms with E-state index in [1.165, 1.54) is 17.0 Å². The molecule has 5 heteroatoms. The summed E-state index contributed by atoms with van der Waals surface area (Å²) in [4.78, 5) is 25.3. The first kappa shape index (κ1) is 17.3. The number of para-hydroxylation sites is 1. The largest absolute Gasteiger partial charge is 0.507 e. The van der Waals surface area contributed by atoms with Gasteiger partial charge in [-0.3, -0.25) is 4.79 Å². The van der Waals surface area contributed by atoms with Gasteiger partial charge < -0.3 is 14.7 Å². The topological polar surface area (TPSA) is 66.8 Å². The molecule has 0 aliphatic carbocycles. The van der Waals surface area contributed by atoms with Gasteiger partial charge in [-0.05, 0) is 42.8 Å². The Morgan fingerprint density at radius 1 is 1.17 bits per heavy atom. The molecule has 2 rings (SSSR count). The number of hydrogen-bond donors (Lipinski definition) is 1. The number of ketones is 1. The number of nitrogens with zero attached hydrogens (tertiary/aromatic N) is 1. The van der Waals surface area contributed by atoms with Crippen LogP contribution >= 0.6 is 0 Å². The Bertz CT molecular complexity index is 767. The van der Waals surface area contributed by atoms with Crippen LogP contribution in [-0.4, -0.2) is 35.5 Å². The second kappa shape index (κ2) is 7.97. The van der Waals surface area contributed by atoms with E-state index in [9.17, 15) is 14.7 Å². The van der Waals surface area contributed by atoms with Crippen molar-refractivity contribution in [1.29, 1.82) is 0 Å². The van der Waals surface area contributed by atoms with E-state index >= 15 is 0 Å². The molecule has 1 amide bonds. The van der Waals surface area contributed by atoms with Crippen molar-refractivity contribution in [3.05, 3.63) is 65.7 Å². The molecule has 0 atom stereocenters. The van der Waals surface area contributed by atoms with Crippen molar-refractivity contribution < 1.29 is 19.4 Å². The molecule has 0 saturated heterocycles. The Hall–Kier alpha value is -3.08. The molecular formula is C19H19NO4. The molecule has 124 valence electrons. The minimum atomic E-state index is -0.441. The zero-order valence-corrected chi connectivity index (χ0v) is 13.6. The molecule has 1 N–H and O–H groups in total. The van der Waals surface area contributed by atoms with Gasteiger partial charge in [-0.1, -0.05) is 30.3 Å². The first-order chi connectivity index (χ1) is 11.5. The minimum Gasteiger partial charge on any atom is -0.507 e. The number of carbonyl (C=O) groups is 2. The lowest BCUT2D eigenvalue weighted by atomic mass is 10.1. The zero-order chi connectivity index (χ0) is 17.5. The maximum absolute atomic E-state index is 12.1. The number of phenols is 1. The fourth-order valence-corrected chi connectivity index (χ4v) is 1.93.